The van der Waals surface area contributed by atoms with E-state index >= 15 is 0 Å². The van der Waals surface area contributed by atoms with Crippen LogP contribution in [0, 0.1) is 0 Å². The van der Waals surface area contributed by atoms with Crippen molar-refractivity contribution in [3.05, 3.63) is 75.0 Å². The molecule has 2 heterocycles. The molecule has 0 radical (unpaired) electrons. The molecule has 1 amide bonds. The van der Waals surface area contributed by atoms with E-state index in [0.29, 0.717) is 23.7 Å². The lowest BCUT2D eigenvalue weighted by Gasteiger charge is -2.16. The van der Waals surface area contributed by atoms with Crippen molar-refractivity contribution in [3.63, 3.8) is 0 Å². The van der Waals surface area contributed by atoms with Crippen LogP contribution in [0.5, 0.6) is 11.6 Å². The van der Waals surface area contributed by atoms with E-state index in [-0.39, 0.29) is 5.91 Å². The lowest BCUT2D eigenvalue weighted by Crippen LogP contribution is -2.25. The van der Waals surface area contributed by atoms with Gasteiger partial charge in [-0.25, -0.2) is 4.98 Å². The normalized spacial score (nSPS) is 10.4. The molecule has 1 aromatic carbocycles. The third kappa shape index (κ3) is 4.21. The number of benzene rings is 1. The third-order valence-corrected chi connectivity index (χ3v) is 4.93. The summed E-state index contributed by atoms with van der Waals surface area (Å²) in [6, 6.07) is 16.8. The summed E-state index contributed by atoms with van der Waals surface area (Å²) in [7, 11) is 1.78. The van der Waals surface area contributed by atoms with Crippen molar-refractivity contribution < 1.29 is 9.53 Å². The van der Waals surface area contributed by atoms with E-state index < -0.39 is 0 Å². The van der Waals surface area contributed by atoms with Crippen LogP contribution in [0.25, 0.3) is 0 Å². The van der Waals surface area contributed by atoms with E-state index in [9.17, 15) is 4.79 Å². The number of hydrogen-bond acceptors (Lipinski definition) is 4. The number of pyridine rings is 1. The number of nitrogens with zero attached hydrogens (tertiary/aromatic N) is 2. The number of carbonyl (C=O) groups is 1. The van der Waals surface area contributed by atoms with Gasteiger partial charge in [0.2, 0.25) is 5.88 Å². The standard InChI is InChI=1S/C18H15BrN2O2S/c1-21(12-15-8-9-16(19)24-15)18(22)13-7-10-17(20-11-13)23-14-5-3-2-4-6-14/h2-11H,12H2,1H3. The first kappa shape index (κ1) is 16.7. The molecule has 0 fully saturated rings. The van der Waals surface area contributed by atoms with Gasteiger partial charge in [-0.2, -0.15) is 0 Å². The van der Waals surface area contributed by atoms with Gasteiger partial charge in [-0.05, 0) is 46.3 Å². The van der Waals surface area contributed by atoms with Gasteiger partial charge in [0.15, 0.2) is 0 Å². The first-order valence-electron chi connectivity index (χ1n) is 7.30. The summed E-state index contributed by atoms with van der Waals surface area (Å²) in [5, 5.41) is 0. The molecule has 0 saturated carbocycles. The van der Waals surface area contributed by atoms with E-state index in [1.807, 2.05) is 42.5 Å². The van der Waals surface area contributed by atoms with Crippen LogP contribution >= 0.6 is 27.3 Å². The van der Waals surface area contributed by atoms with Crippen LogP contribution in [0.1, 0.15) is 15.2 Å². The molecular formula is C18H15BrN2O2S. The van der Waals surface area contributed by atoms with Crippen molar-refractivity contribution in [2.24, 2.45) is 0 Å². The number of hydrogen-bond donors (Lipinski definition) is 0. The van der Waals surface area contributed by atoms with E-state index in [2.05, 4.69) is 20.9 Å². The molecule has 3 rings (SSSR count). The van der Waals surface area contributed by atoms with Crippen molar-refractivity contribution in [3.8, 4) is 11.6 Å². The lowest BCUT2D eigenvalue weighted by molar-refractivity contribution is 0.0786. The number of halogens is 1. The number of rotatable bonds is 5. The second-order valence-corrected chi connectivity index (χ2v) is 7.71. The predicted octanol–water partition coefficient (Wildman–Crippen LogP) is 4.97. The SMILES string of the molecule is CN(Cc1ccc(Br)s1)C(=O)c1ccc(Oc2ccccc2)nc1. The molecule has 3 aromatic rings. The highest BCUT2D eigenvalue weighted by atomic mass is 79.9. The van der Waals surface area contributed by atoms with Crippen LogP contribution in [0.2, 0.25) is 0 Å². The molecule has 6 heteroatoms. The maximum Gasteiger partial charge on any atom is 0.255 e. The first-order chi connectivity index (χ1) is 11.6. The average molecular weight is 403 g/mol. The highest BCUT2D eigenvalue weighted by molar-refractivity contribution is 9.11. The molecule has 0 aliphatic heterocycles. The van der Waals surface area contributed by atoms with Crippen LogP contribution in [-0.4, -0.2) is 22.8 Å². The predicted molar refractivity (Wildman–Crippen MR) is 98.6 cm³/mol. The largest absolute Gasteiger partial charge is 0.439 e. The number of thiophene rings is 1. The molecule has 24 heavy (non-hydrogen) atoms. The van der Waals surface area contributed by atoms with Crippen LogP contribution in [0.4, 0.5) is 0 Å². The van der Waals surface area contributed by atoms with Crippen LogP contribution < -0.4 is 4.74 Å². The molecule has 2 aromatic heterocycles. The molecule has 0 aliphatic rings. The summed E-state index contributed by atoms with van der Waals surface area (Å²) in [6.45, 7) is 0.567. The quantitative estimate of drug-likeness (QED) is 0.604. The summed E-state index contributed by atoms with van der Waals surface area (Å²) in [5.41, 5.74) is 0.536. The second kappa shape index (κ2) is 7.59. The summed E-state index contributed by atoms with van der Waals surface area (Å²) in [4.78, 5) is 19.5. The fourth-order valence-electron chi connectivity index (χ4n) is 2.14. The molecule has 0 spiro atoms. The number of carbonyl (C=O) groups excluding carboxylic acids is 1. The Labute approximate surface area is 152 Å². The van der Waals surface area contributed by atoms with E-state index in [0.717, 1.165) is 8.66 Å². The molecular weight excluding hydrogens is 388 g/mol. The Hall–Kier alpha value is -2.18. The second-order valence-electron chi connectivity index (χ2n) is 5.17. The summed E-state index contributed by atoms with van der Waals surface area (Å²) < 4.78 is 6.69. The molecule has 0 saturated heterocycles. The minimum Gasteiger partial charge on any atom is -0.439 e. The monoisotopic (exact) mass is 402 g/mol. The number of aromatic nitrogens is 1. The Morgan fingerprint density at radius 1 is 1.17 bits per heavy atom. The zero-order valence-electron chi connectivity index (χ0n) is 13.0. The fourth-order valence-corrected chi connectivity index (χ4v) is 3.68. The smallest absolute Gasteiger partial charge is 0.255 e. The Morgan fingerprint density at radius 2 is 1.96 bits per heavy atom. The third-order valence-electron chi connectivity index (χ3n) is 3.32. The van der Waals surface area contributed by atoms with Crippen molar-refractivity contribution >= 4 is 33.2 Å². The van der Waals surface area contributed by atoms with Gasteiger partial charge < -0.3 is 9.64 Å². The minimum atomic E-state index is -0.0710. The lowest BCUT2D eigenvalue weighted by atomic mass is 10.2. The summed E-state index contributed by atoms with van der Waals surface area (Å²) >= 11 is 5.05. The van der Waals surface area contributed by atoms with Gasteiger partial charge in [-0.15, -0.1) is 11.3 Å². The number of para-hydroxylation sites is 1. The average Bonchev–Trinajstić information content (AvgIpc) is 3.00. The molecule has 4 nitrogen and oxygen atoms in total. The van der Waals surface area contributed by atoms with Crippen molar-refractivity contribution in [2.75, 3.05) is 7.05 Å². The van der Waals surface area contributed by atoms with Gasteiger partial charge in [0.1, 0.15) is 5.75 Å². The fraction of sp³-hybridized carbons (Fsp3) is 0.111. The van der Waals surface area contributed by atoms with Crippen LogP contribution in [0.15, 0.2) is 64.6 Å². The molecule has 0 N–H and O–H groups in total. The Kier molecular flexibility index (Phi) is 5.27. The van der Waals surface area contributed by atoms with Crippen LogP contribution in [-0.2, 0) is 6.54 Å². The topological polar surface area (TPSA) is 42.4 Å². The van der Waals surface area contributed by atoms with Crippen molar-refractivity contribution in [1.29, 1.82) is 0 Å². The summed E-state index contributed by atoms with van der Waals surface area (Å²) in [6.07, 6.45) is 1.54. The zero-order valence-corrected chi connectivity index (χ0v) is 15.4. The number of amides is 1. The van der Waals surface area contributed by atoms with Gasteiger partial charge in [0, 0.05) is 24.2 Å². The zero-order chi connectivity index (χ0) is 16.9. The van der Waals surface area contributed by atoms with Gasteiger partial charge >= 0.3 is 0 Å². The highest BCUT2D eigenvalue weighted by Gasteiger charge is 2.13. The van der Waals surface area contributed by atoms with Crippen molar-refractivity contribution in [2.45, 2.75) is 6.54 Å². The van der Waals surface area contributed by atoms with Crippen LogP contribution in [0.3, 0.4) is 0 Å². The first-order valence-corrected chi connectivity index (χ1v) is 8.91. The van der Waals surface area contributed by atoms with Gasteiger partial charge in [-0.3, -0.25) is 4.79 Å². The van der Waals surface area contributed by atoms with Crippen molar-refractivity contribution in [1.82, 2.24) is 9.88 Å². The molecule has 122 valence electrons. The Balaban J connectivity index is 1.65. The Bertz CT molecular complexity index is 819. The molecule has 0 bridgehead atoms. The maximum absolute atomic E-state index is 12.5. The maximum atomic E-state index is 12.5. The molecule has 0 unspecified atom stereocenters. The van der Waals surface area contributed by atoms with Gasteiger partial charge in [-0.1, -0.05) is 18.2 Å². The summed E-state index contributed by atoms with van der Waals surface area (Å²) in [5.74, 6) is 1.10. The number of ether oxygens (including phenoxy) is 1. The minimum absolute atomic E-state index is 0.0710. The molecule has 0 atom stereocenters. The van der Waals surface area contributed by atoms with Gasteiger partial charge in [0.25, 0.3) is 5.91 Å². The highest BCUT2D eigenvalue weighted by Crippen LogP contribution is 2.24. The Morgan fingerprint density at radius 3 is 2.58 bits per heavy atom. The van der Waals surface area contributed by atoms with E-state index in [1.165, 1.54) is 0 Å². The van der Waals surface area contributed by atoms with E-state index in [1.54, 1.807) is 41.6 Å². The van der Waals surface area contributed by atoms with Gasteiger partial charge in [0.05, 0.1) is 15.9 Å². The van der Waals surface area contributed by atoms with E-state index in [4.69, 9.17) is 4.74 Å². The molecule has 0 aliphatic carbocycles.